The summed E-state index contributed by atoms with van der Waals surface area (Å²) in [6.07, 6.45) is 1.52. The number of anilines is 2. The summed E-state index contributed by atoms with van der Waals surface area (Å²) in [6.45, 7) is 0.0206. The molecule has 29 heavy (non-hydrogen) atoms. The Morgan fingerprint density at radius 2 is 1.62 bits per heavy atom. The van der Waals surface area contributed by atoms with E-state index in [0.717, 1.165) is 11.4 Å². The summed E-state index contributed by atoms with van der Waals surface area (Å²) in [4.78, 5) is 33.1. The maximum absolute atomic E-state index is 12.9. The van der Waals surface area contributed by atoms with Crippen molar-refractivity contribution in [2.45, 2.75) is 6.54 Å². The van der Waals surface area contributed by atoms with Crippen LogP contribution in [0.1, 0.15) is 5.89 Å². The van der Waals surface area contributed by atoms with Crippen molar-refractivity contribution in [1.29, 1.82) is 0 Å². The summed E-state index contributed by atoms with van der Waals surface area (Å²) in [5, 5.41) is 6.60. The summed E-state index contributed by atoms with van der Waals surface area (Å²) in [7, 11) is 0. The molecular formula is C21H17N5O3. The van der Waals surface area contributed by atoms with E-state index in [4.69, 9.17) is 4.52 Å². The van der Waals surface area contributed by atoms with E-state index in [9.17, 15) is 9.59 Å². The topological polar surface area (TPSA) is 104 Å². The zero-order chi connectivity index (χ0) is 20.1. The molecule has 8 heteroatoms. The highest BCUT2D eigenvalue weighted by Gasteiger charge is 2.19. The summed E-state index contributed by atoms with van der Waals surface area (Å²) in [5.41, 5.74) is 1.42. The molecule has 2 amide bonds. The highest BCUT2D eigenvalue weighted by atomic mass is 16.5. The minimum absolute atomic E-state index is 0.0206. The molecule has 0 fully saturated rings. The SMILES string of the molecule is O=C(NCc1nc(-c2ccc[nH]c2=O)no1)N(c1ccccc1)c1ccccc1. The smallest absolute Gasteiger partial charge is 0.326 e. The molecule has 4 aromatic rings. The van der Waals surface area contributed by atoms with E-state index < -0.39 is 0 Å². The van der Waals surface area contributed by atoms with Crippen molar-refractivity contribution in [1.82, 2.24) is 20.4 Å². The molecule has 0 radical (unpaired) electrons. The van der Waals surface area contributed by atoms with Crippen LogP contribution in [0.5, 0.6) is 0 Å². The van der Waals surface area contributed by atoms with E-state index in [1.165, 1.54) is 6.20 Å². The first kappa shape index (κ1) is 18.2. The van der Waals surface area contributed by atoms with Gasteiger partial charge in [-0.25, -0.2) is 4.79 Å². The van der Waals surface area contributed by atoms with E-state index in [1.807, 2.05) is 60.7 Å². The van der Waals surface area contributed by atoms with Crippen LogP contribution in [0.25, 0.3) is 11.4 Å². The van der Waals surface area contributed by atoms with Crippen molar-refractivity contribution in [2.75, 3.05) is 4.90 Å². The monoisotopic (exact) mass is 387 g/mol. The molecule has 2 aromatic heterocycles. The number of rotatable bonds is 5. The quantitative estimate of drug-likeness (QED) is 0.546. The lowest BCUT2D eigenvalue weighted by Crippen LogP contribution is -2.36. The molecule has 0 saturated heterocycles. The number of pyridine rings is 1. The van der Waals surface area contributed by atoms with Crippen molar-refractivity contribution in [3.05, 3.63) is 95.2 Å². The molecule has 0 saturated carbocycles. The summed E-state index contributed by atoms with van der Waals surface area (Å²) < 4.78 is 5.17. The number of urea groups is 1. The zero-order valence-corrected chi connectivity index (χ0v) is 15.3. The van der Waals surface area contributed by atoms with Gasteiger partial charge in [-0.15, -0.1) is 0 Å². The van der Waals surface area contributed by atoms with Gasteiger partial charge in [-0.05, 0) is 36.4 Å². The molecular weight excluding hydrogens is 370 g/mol. The van der Waals surface area contributed by atoms with Crippen LogP contribution < -0.4 is 15.8 Å². The van der Waals surface area contributed by atoms with Crippen molar-refractivity contribution >= 4 is 17.4 Å². The van der Waals surface area contributed by atoms with Crippen molar-refractivity contribution in [2.24, 2.45) is 0 Å². The molecule has 2 heterocycles. The number of nitrogens with zero attached hydrogens (tertiary/aromatic N) is 3. The Labute approximate surface area is 165 Å². The van der Waals surface area contributed by atoms with Crippen LogP contribution in [0, 0.1) is 0 Å². The van der Waals surface area contributed by atoms with Gasteiger partial charge in [-0.2, -0.15) is 4.98 Å². The van der Waals surface area contributed by atoms with Crippen LogP contribution in [-0.2, 0) is 6.54 Å². The molecule has 0 aliphatic heterocycles. The minimum atomic E-state index is -0.347. The molecule has 0 spiro atoms. The van der Waals surface area contributed by atoms with Crippen molar-refractivity contribution in [3.63, 3.8) is 0 Å². The Hall–Kier alpha value is -4.20. The first-order valence-corrected chi connectivity index (χ1v) is 8.91. The third-order valence-corrected chi connectivity index (χ3v) is 4.15. The molecule has 2 aromatic carbocycles. The van der Waals surface area contributed by atoms with Crippen LogP contribution in [0.3, 0.4) is 0 Å². The van der Waals surface area contributed by atoms with Gasteiger partial charge in [0.25, 0.3) is 5.56 Å². The van der Waals surface area contributed by atoms with Gasteiger partial charge in [0, 0.05) is 6.20 Å². The first-order valence-electron chi connectivity index (χ1n) is 8.91. The van der Waals surface area contributed by atoms with Gasteiger partial charge < -0.3 is 14.8 Å². The molecule has 4 rings (SSSR count). The second-order valence-corrected chi connectivity index (χ2v) is 6.09. The number of hydrogen-bond donors (Lipinski definition) is 2. The van der Waals surface area contributed by atoms with E-state index in [-0.39, 0.29) is 29.9 Å². The van der Waals surface area contributed by atoms with Crippen LogP contribution >= 0.6 is 0 Å². The number of carbonyl (C=O) groups excluding carboxylic acids is 1. The van der Waals surface area contributed by atoms with E-state index >= 15 is 0 Å². The van der Waals surface area contributed by atoms with Crippen molar-refractivity contribution in [3.8, 4) is 11.4 Å². The Morgan fingerprint density at radius 3 is 2.24 bits per heavy atom. The van der Waals surface area contributed by atoms with Gasteiger partial charge in [-0.3, -0.25) is 9.69 Å². The minimum Gasteiger partial charge on any atom is -0.337 e. The third-order valence-electron chi connectivity index (χ3n) is 4.15. The fourth-order valence-electron chi connectivity index (χ4n) is 2.80. The Bertz CT molecular complexity index is 1120. The van der Waals surface area contributed by atoms with Crippen LogP contribution in [-0.4, -0.2) is 21.2 Å². The number of benzene rings is 2. The number of hydrogen-bond acceptors (Lipinski definition) is 5. The number of para-hydroxylation sites is 2. The van der Waals surface area contributed by atoms with E-state index in [1.54, 1.807) is 17.0 Å². The molecule has 0 bridgehead atoms. The second kappa shape index (κ2) is 8.22. The van der Waals surface area contributed by atoms with Crippen LogP contribution in [0.15, 0.2) is 88.3 Å². The lowest BCUT2D eigenvalue weighted by Gasteiger charge is -2.23. The van der Waals surface area contributed by atoms with Crippen LogP contribution in [0.4, 0.5) is 16.2 Å². The van der Waals surface area contributed by atoms with E-state index in [0.29, 0.717) is 5.56 Å². The predicted molar refractivity (Wildman–Crippen MR) is 108 cm³/mol. The second-order valence-electron chi connectivity index (χ2n) is 6.09. The maximum Gasteiger partial charge on any atom is 0.326 e. The molecule has 0 aliphatic carbocycles. The van der Waals surface area contributed by atoms with Crippen LogP contribution in [0.2, 0.25) is 0 Å². The largest absolute Gasteiger partial charge is 0.337 e. The van der Waals surface area contributed by atoms with Gasteiger partial charge >= 0.3 is 6.03 Å². The Kier molecular flexibility index (Phi) is 5.15. The first-order chi connectivity index (χ1) is 14.2. The molecule has 0 atom stereocenters. The summed E-state index contributed by atoms with van der Waals surface area (Å²) >= 11 is 0. The fourth-order valence-corrected chi connectivity index (χ4v) is 2.80. The average Bonchev–Trinajstić information content (AvgIpc) is 3.23. The number of aromatic nitrogens is 3. The summed E-state index contributed by atoms with van der Waals surface area (Å²) in [6, 6.07) is 21.5. The maximum atomic E-state index is 12.9. The van der Waals surface area contributed by atoms with Gasteiger partial charge in [-0.1, -0.05) is 41.6 Å². The molecule has 2 N–H and O–H groups in total. The number of aromatic amines is 1. The Morgan fingerprint density at radius 1 is 0.966 bits per heavy atom. The van der Waals surface area contributed by atoms with Gasteiger partial charge in [0.15, 0.2) is 0 Å². The molecule has 0 aliphatic rings. The Balaban J connectivity index is 1.52. The molecule has 0 unspecified atom stereocenters. The highest BCUT2D eigenvalue weighted by molar-refractivity contribution is 5.99. The number of carbonyl (C=O) groups is 1. The van der Waals surface area contributed by atoms with Gasteiger partial charge in [0.05, 0.1) is 23.5 Å². The highest BCUT2D eigenvalue weighted by Crippen LogP contribution is 2.25. The molecule has 144 valence electrons. The number of H-pyrrole nitrogens is 1. The zero-order valence-electron chi connectivity index (χ0n) is 15.3. The summed E-state index contributed by atoms with van der Waals surface area (Å²) in [5.74, 6) is 0.358. The lowest BCUT2D eigenvalue weighted by atomic mass is 10.2. The van der Waals surface area contributed by atoms with Crippen molar-refractivity contribution < 1.29 is 9.32 Å². The normalized spacial score (nSPS) is 10.5. The van der Waals surface area contributed by atoms with Gasteiger partial charge in [0.1, 0.15) is 0 Å². The third kappa shape index (κ3) is 4.06. The lowest BCUT2D eigenvalue weighted by molar-refractivity contribution is 0.246. The van der Waals surface area contributed by atoms with Gasteiger partial charge in [0.2, 0.25) is 11.7 Å². The standard InChI is InChI=1S/C21H17N5O3/c27-20-17(12-7-13-22-20)19-24-18(29-25-19)14-23-21(28)26(15-8-3-1-4-9-15)16-10-5-2-6-11-16/h1-13H,14H2,(H,22,27)(H,23,28). The number of amides is 2. The van der Waals surface area contributed by atoms with E-state index in [2.05, 4.69) is 20.4 Å². The number of nitrogens with one attached hydrogen (secondary N) is 2. The average molecular weight is 387 g/mol. The molecule has 8 nitrogen and oxygen atoms in total. The fraction of sp³-hybridized carbons (Fsp3) is 0.0476. The predicted octanol–water partition coefficient (Wildman–Crippen LogP) is 3.47.